The molecule has 0 radical (unpaired) electrons. The van der Waals surface area contributed by atoms with Crippen LogP contribution in [0.15, 0.2) is 78.9 Å². The summed E-state index contributed by atoms with van der Waals surface area (Å²) in [6.07, 6.45) is 0. The fraction of sp³-hybridized carbons (Fsp3) is 0.286. The van der Waals surface area contributed by atoms with Gasteiger partial charge in [-0.05, 0) is 31.0 Å². The summed E-state index contributed by atoms with van der Waals surface area (Å²) < 4.78 is 0. The Labute approximate surface area is 185 Å². The fourth-order valence-corrected chi connectivity index (χ4v) is 4.98. The molecule has 4 aromatic rings. The highest BCUT2D eigenvalue weighted by Gasteiger charge is 2.29. The van der Waals surface area contributed by atoms with Gasteiger partial charge in [-0.3, -0.25) is 9.80 Å². The molecule has 5 rings (SSSR count). The first-order valence-corrected chi connectivity index (χ1v) is 11.3. The molecule has 0 spiro atoms. The molecule has 1 aliphatic rings. The van der Waals surface area contributed by atoms with Crippen LogP contribution in [0.5, 0.6) is 0 Å². The number of hydrogen-bond donors (Lipinski definition) is 1. The van der Waals surface area contributed by atoms with Crippen LogP contribution < -0.4 is 0 Å². The Balaban J connectivity index is 1.44. The molecule has 1 saturated heterocycles. The number of rotatable bonds is 5. The van der Waals surface area contributed by atoms with Crippen molar-refractivity contribution in [3.63, 3.8) is 0 Å². The molecule has 2 heterocycles. The number of H-pyrrole nitrogens is 1. The van der Waals surface area contributed by atoms with Gasteiger partial charge in [0.25, 0.3) is 0 Å². The van der Waals surface area contributed by atoms with Gasteiger partial charge in [-0.1, -0.05) is 78.4 Å². The lowest BCUT2D eigenvalue weighted by Crippen LogP contribution is -2.47. The maximum atomic E-state index is 3.63. The normalized spacial score (nSPS) is 16.6. The Hall–Kier alpha value is -2.88. The van der Waals surface area contributed by atoms with Gasteiger partial charge in [0, 0.05) is 54.9 Å². The quantitative estimate of drug-likeness (QED) is 0.457. The maximum Gasteiger partial charge on any atom is 0.0626 e. The maximum absolute atomic E-state index is 3.63. The first kappa shape index (κ1) is 20.0. The van der Waals surface area contributed by atoms with Crippen LogP contribution in [-0.4, -0.2) is 41.0 Å². The van der Waals surface area contributed by atoms with Crippen LogP contribution in [0.1, 0.15) is 34.0 Å². The zero-order valence-electron chi connectivity index (χ0n) is 18.5. The highest BCUT2D eigenvalue weighted by Crippen LogP contribution is 2.36. The predicted octanol–water partition coefficient (Wildman–Crippen LogP) is 5.69. The van der Waals surface area contributed by atoms with Gasteiger partial charge in [-0.25, -0.2) is 0 Å². The number of para-hydroxylation sites is 1. The molecule has 3 heteroatoms. The second-order valence-electron chi connectivity index (χ2n) is 8.82. The summed E-state index contributed by atoms with van der Waals surface area (Å²) in [5, 5.41) is 1.34. The topological polar surface area (TPSA) is 22.3 Å². The summed E-state index contributed by atoms with van der Waals surface area (Å²) in [6, 6.07) is 29.0. The Bertz CT molecular complexity index is 1140. The number of piperazine rings is 1. The molecule has 3 nitrogen and oxygen atoms in total. The summed E-state index contributed by atoms with van der Waals surface area (Å²) in [5.41, 5.74) is 8.03. The van der Waals surface area contributed by atoms with E-state index in [-0.39, 0.29) is 6.04 Å². The van der Waals surface area contributed by atoms with Crippen molar-refractivity contribution in [3.8, 4) is 0 Å². The number of aryl methyl sites for hydroxylation is 2. The minimum Gasteiger partial charge on any atom is -0.358 e. The van der Waals surface area contributed by atoms with E-state index in [2.05, 4.69) is 107 Å². The average Bonchev–Trinajstić information content (AvgIpc) is 3.13. The van der Waals surface area contributed by atoms with E-state index in [1.54, 1.807) is 0 Å². The predicted molar refractivity (Wildman–Crippen MR) is 129 cm³/mol. The third-order valence-electron chi connectivity index (χ3n) is 6.63. The summed E-state index contributed by atoms with van der Waals surface area (Å²) in [4.78, 5) is 8.89. The Kier molecular flexibility index (Phi) is 5.63. The highest BCUT2D eigenvalue weighted by molar-refractivity contribution is 5.85. The lowest BCUT2D eigenvalue weighted by atomic mass is 9.93. The van der Waals surface area contributed by atoms with Crippen LogP contribution in [0.2, 0.25) is 0 Å². The van der Waals surface area contributed by atoms with Crippen LogP contribution in [0.25, 0.3) is 10.9 Å². The van der Waals surface area contributed by atoms with E-state index in [1.165, 1.54) is 38.9 Å². The van der Waals surface area contributed by atoms with E-state index in [4.69, 9.17) is 0 Å². The number of aromatic nitrogens is 1. The Morgan fingerprint density at radius 2 is 1.45 bits per heavy atom. The van der Waals surface area contributed by atoms with Gasteiger partial charge in [0.1, 0.15) is 0 Å². The minimum absolute atomic E-state index is 0.274. The van der Waals surface area contributed by atoms with E-state index in [0.717, 1.165) is 32.7 Å². The molecule has 1 aromatic heterocycles. The van der Waals surface area contributed by atoms with Gasteiger partial charge in [0.15, 0.2) is 0 Å². The fourth-order valence-electron chi connectivity index (χ4n) is 4.98. The highest BCUT2D eigenvalue weighted by atomic mass is 15.3. The van der Waals surface area contributed by atoms with Crippen molar-refractivity contribution in [3.05, 3.63) is 107 Å². The van der Waals surface area contributed by atoms with Gasteiger partial charge in [0.05, 0.1) is 6.04 Å². The van der Waals surface area contributed by atoms with E-state index in [1.807, 2.05) is 0 Å². The van der Waals surface area contributed by atoms with E-state index in [0.29, 0.717) is 0 Å². The van der Waals surface area contributed by atoms with Crippen molar-refractivity contribution in [2.75, 3.05) is 26.2 Å². The first-order valence-electron chi connectivity index (χ1n) is 11.3. The molecule has 0 amide bonds. The molecule has 0 aliphatic carbocycles. The summed E-state index contributed by atoms with van der Waals surface area (Å²) >= 11 is 0. The number of nitrogens with one attached hydrogen (secondary N) is 1. The molecule has 158 valence electrons. The number of hydrogen-bond acceptors (Lipinski definition) is 2. The smallest absolute Gasteiger partial charge is 0.0626 e. The van der Waals surface area contributed by atoms with Crippen LogP contribution in [0.4, 0.5) is 0 Å². The third kappa shape index (κ3) is 4.16. The van der Waals surface area contributed by atoms with Crippen LogP contribution >= 0.6 is 0 Å². The number of benzene rings is 3. The van der Waals surface area contributed by atoms with E-state index < -0.39 is 0 Å². The monoisotopic (exact) mass is 409 g/mol. The second-order valence-corrected chi connectivity index (χ2v) is 8.82. The van der Waals surface area contributed by atoms with Crippen molar-refractivity contribution in [1.82, 2.24) is 14.8 Å². The van der Waals surface area contributed by atoms with Crippen molar-refractivity contribution in [2.45, 2.75) is 26.4 Å². The SMILES string of the molecule is Cc1ccc(C(c2c(C)[nH]c3ccccc23)N2CCN(Cc3ccccc3)CC2)cc1. The third-order valence-corrected chi connectivity index (χ3v) is 6.63. The largest absolute Gasteiger partial charge is 0.358 e. The lowest BCUT2D eigenvalue weighted by molar-refractivity contribution is 0.105. The van der Waals surface area contributed by atoms with E-state index >= 15 is 0 Å². The molecule has 3 aromatic carbocycles. The van der Waals surface area contributed by atoms with Gasteiger partial charge >= 0.3 is 0 Å². The summed E-state index contributed by atoms with van der Waals surface area (Å²) in [6.45, 7) is 9.77. The zero-order valence-corrected chi connectivity index (χ0v) is 18.5. The number of nitrogens with zero attached hydrogens (tertiary/aromatic N) is 2. The molecule has 0 saturated carbocycles. The Morgan fingerprint density at radius 3 is 2.19 bits per heavy atom. The zero-order chi connectivity index (χ0) is 21.2. The molecule has 1 unspecified atom stereocenters. The standard InChI is InChI=1S/C28H31N3/c1-21-12-14-24(15-13-21)28(27-22(2)29-26-11-7-6-10-25(26)27)31-18-16-30(17-19-31)20-23-8-4-3-5-9-23/h3-15,28-29H,16-20H2,1-2H3. The van der Waals surface area contributed by atoms with Crippen LogP contribution in [-0.2, 0) is 6.54 Å². The van der Waals surface area contributed by atoms with Crippen molar-refractivity contribution in [1.29, 1.82) is 0 Å². The molecule has 1 atom stereocenters. The molecule has 1 aliphatic heterocycles. The minimum atomic E-state index is 0.274. The van der Waals surface area contributed by atoms with Gasteiger partial charge in [-0.2, -0.15) is 0 Å². The first-order chi connectivity index (χ1) is 15.2. The molecule has 31 heavy (non-hydrogen) atoms. The summed E-state index contributed by atoms with van der Waals surface area (Å²) in [5.74, 6) is 0. The van der Waals surface area contributed by atoms with Crippen molar-refractivity contribution < 1.29 is 0 Å². The molecule has 0 bridgehead atoms. The van der Waals surface area contributed by atoms with Gasteiger partial charge in [-0.15, -0.1) is 0 Å². The average molecular weight is 410 g/mol. The molecule has 1 N–H and O–H groups in total. The number of fused-ring (bicyclic) bond motifs is 1. The van der Waals surface area contributed by atoms with Crippen LogP contribution in [0.3, 0.4) is 0 Å². The van der Waals surface area contributed by atoms with Gasteiger partial charge in [0.2, 0.25) is 0 Å². The van der Waals surface area contributed by atoms with E-state index in [9.17, 15) is 0 Å². The molecular formula is C28H31N3. The Morgan fingerprint density at radius 1 is 0.774 bits per heavy atom. The number of aromatic amines is 1. The van der Waals surface area contributed by atoms with Gasteiger partial charge < -0.3 is 4.98 Å². The molecular weight excluding hydrogens is 378 g/mol. The lowest BCUT2D eigenvalue weighted by Gasteiger charge is -2.40. The van der Waals surface area contributed by atoms with Crippen molar-refractivity contribution >= 4 is 10.9 Å². The molecule has 1 fully saturated rings. The van der Waals surface area contributed by atoms with Crippen LogP contribution in [0, 0.1) is 13.8 Å². The summed E-state index contributed by atoms with van der Waals surface area (Å²) in [7, 11) is 0. The second kappa shape index (κ2) is 8.70. The van der Waals surface area contributed by atoms with Crippen molar-refractivity contribution in [2.24, 2.45) is 0 Å².